The third kappa shape index (κ3) is 3.58. The number of hydrogen-bond donors (Lipinski definition) is 1. The fourth-order valence-corrected chi connectivity index (χ4v) is 1.72. The highest BCUT2D eigenvalue weighted by Gasteiger charge is 2.08. The van der Waals surface area contributed by atoms with E-state index >= 15 is 0 Å². The minimum Gasteiger partial charge on any atom is -0.508 e. The Hall–Kier alpha value is -1.84. The monoisotopic (exact) mass is 246 g/mol. The van der Waals surface area contributed by atoms with Crippen molar-refractivity contribution >= 4 is 0 Å². The molecule has 0 fully saturated rings. The third-order valence-corrected chi connectivity index (χ3v) is 2.72. The van der Waals surface area contributed by atoms with Crippen molar-refractivity contribution in [1.82, 2.24) is 10.1 Å². The molecule has 0 radical (unpaired) electrons. The number of phenolic OH excluding ortho intramolecular Hbond substituents is 1. The molecule has 1 aromatic carbocycles. The second-order valence-electron chi connectivity index (χ2n) is 4.88. The molecule has 0 spiro atoms. The first-order chi connectivity index (χ1) is 8.63. The lowest BCUT2D eigenvalue weighted by atomic mass is 10.1. The van der Waals surface area contributed by atoms with Crippen molar-refractivity contribution in [3.63, 3.8) is 0 Å². The highest BCUT2D eigenvalue weighted by Crippen LogP contribution is 2.14. The highest BCUT2D eigenvalue weighted by atomic mass is 16.5. The highest BCUT2D eigenvalue weighted by molar-refractivity contribution is 5.28. The lowest BCUT2D eigenvalue weighted by molar-refractivity contribution is 0.377. The summed E-state index contributed by atoms with van der Waals surface area (Å²) in [6.45, 7) is 4.35. The van der Waals surface area contributed by atoms with Gasteiger partial charge in [0.25, 0.3) is 0 Å². The van der Waals surface area contributed by atoms with Gasteiger partial charge in [-0.15, -0.1) is 0 Å². The molecule has 0 atom stereocenters. The van der Waals surface area contributed by atoms with Crippen molar-refractivity contribution in [2.75, 3.05) is 0 Å². The summed E-state index contributed by atoms with van der Waals surface area (Å²) in [5.41, 5.74) is 0.967. The van der Waals surface area contributed by atoms with Crippen molar-refractivity contribution < 1.29 is 9.63 Å². The van der Waals surface area contributed by atoms with Crippen LogP contribution in [-0.2, 0) is 12.8 Å². The lowest BCUT2D eigenvalue weighted by Crippen LogP contribution is -1.94. The molecule has 4 nitrogen and oxygen atoms in total. The van der Waals surface area contributed by atoms with Crippen LogP contribution < -0.4 is 0 Å². The van der Waals surface area contributed by atoms with Gasteiger partial charge >= 0.3 is 0 Å². The van der Waals surface area contributed by atoms with E-state index in [1.807, 2.05) is 6.07 Å². The lowest BCUT2D eigenvalue weighted by Gasteiger charge is -1.99. The van der Waals surface area contributed by atoms with E-state index in [0.29, 0.717) is 18.2 Å². The normalized spacial score (nSPS) is 11.1. The fraction of sp³-hybridized carbons (Fsp3) is 0.429. The molecule has 0 aliphatic rings. The summed E-state index contributed by atoms with van der Waals surface area (Å²) in [7, 11) is 0. The van der Waals surface area contributed by atoms with Crippen LogP contribution in [0.4, 0.5) is 0 Å². The molecule has 0 amide bonds. The zero-order valence-corrected chi connectivity index (χ0v) is 10.8. The first-order valence-corrected chi connectivity index (χ1v) is 6.23. The maximum atomic E-state index is 9.37. The summed E-state index contributed by atoms with van der Waals surface area (Å²) in [5, 5.41) is 13.3. The van der Waals surface area contributed by atoms with Crippen molar-refractivity contribution in [2.45, 2.75) is 33.1 Å². The summed E-state index contributed by atoms with van der Waals surface area (Å²) in [4.78, 5) is 4.35. The number of benzene rings is 1. The predicted octanol–water partition coefficient (Wildman–Crippen LogP) is 2.95. The van der Waals surface area contributed by atoms with Gasteiger partial charge in [0.15, 0.2) is 5.82 Å². The number of aromatic hydroxyl groups is 1. The second kappa shape index (κ2) is 5.67. The Balaban J connectivity index is 1.98. The van der Waals surface area contributed by atoms with Crippen LogP contribution in [0.2, 0.25) is 0 Å². The van der Waals surface area contributed by atoms with Crippen LogP contribution in [-0.4, -0.2) is 15.2 Å². The largest absolute Gasteiger partial charge is 0.508 e. The number of rotatable bonds is 5. The third-order valence-electron chi connectivity index (χ3n) is 2.72. The summed E-state index contributed by atoms with van der Waals surface area (Å²) >= 11 is 0. The maximum Gasteiger partial charge on any atom is 0.231 e. The van der Waals surface area contributed by atoms with Gasteiger partial charge in [0.1, 0.15) is 5.75 Å². The zero-order chi connectivity index (χ0) is 13.0. The molecule has 0 saturated heterocycles. The summed E-state index contributed by atoms with van der Waals surface area (Å²) in [6.07, 6.45) is 2.47. The molecular weight excluding hydrogens is 228 g/mol. The molecule has 0 aliphatic heterocycles. The summed E-state index contributed by atoms with van der Waals surface area (Å²) in [5.74, 6) is 2.25. The molecule has 0 unspecified atom stereocenters. The Morgan fingerprint density at radius 2 is 2.17 bits per heavy atom. The second-order valence-corrected chi connectivity index (χ2v) is 4.88. The van der Waals surface area contributed by atoms with E-state index in [1.54, 1.807) is 18.2 Å². The van der Waals surface area contributed by atoms with Crippen molar-refractivity contribution in [1.29, 1.82) is 0 Å². The smallest absolute Gasteiger partial charge is 0.231 e. The van der Waals surface area contributed by atoms with Gasteiger partial charge in [-0.2, -0.15) is 4.98 Å². The molecule has 18 heavy (non-hydrogen) atoms. The average molecular weight is 246 g/mol. The van der Waals surface area contributed by atoms with Gasteiger partial charge in [0, 0.05) is 6.42 Å². The average Bonchev–Trinajstić information content (AvgIpc) is 2.74. The van der Waals surface area contributed by atoms with Gasteiger partial charge in [-0.05, 0) is 30.0 Å². The predicted molar refractivity (Wildman–Crippen MR) is 68.4 cm³/mol. The van der Waals surface area contributed by atoms with Crippen LogP contribution in [0, 0.1) is 5.92 Å². The van der Waals surface area contributed by atoms with Gasteiger partial charge < -0.3 is 9.63 Å². The topological polar surface area (TPSA) is 59.2 Å². The molecule has 4 heteroatoms. The fourth-order valence-electron chi connectivity index (χ4n) is 1.72. The minimum absolute atomic E-state index is 0.257. The van der Waals surface area contributed by atoms with E-state index in [-0.39, 0.29) is 5.75 Å². The molecule has 1 N–H and O–H groups in total. The molecule has 0 bridgehead atoms. The van der Waals surface area contributed by atoms with E-state index in [9.17, 15) is 5.11 Å². The number of phenols is 1. The SMILES string of the molecule is CC(C)CCc1noc(Cc2cccc(O)c2)n1. The van der Waals surface area contributed by atoms with E-state index in [2.05, 4.69) is 24.0 Å². The van der Waals surface area contributed by atoms with Crippen LogP contribution in [0.1, 0.15) is 37.5 Å². The maximum absolute atomic E-state index is 9.37. The van der Waals surface area contributed by atoms with Crippen molar-refractivity contribution in [3.05, 3.63) is 41.5 Å². The van der Waals surface area contributed by atoms with Crippen LogP contribution in [0.3, 0.4) is 0 Å². The molecule has 2 rings (SSSR count). The molecular formula is C14H18N2O2. The number of hydrogen-bond acceptors (Lipinski definition) is 4. The Morgan fingerprint density at radius 1 is 1.33 bits per heavy atom. The Morgan fingerprint density at radius 3 is 2.89 bits per heavy atom. The molecule has 2 aromatic rings. The molecule has 0 aliphatic carbocycles. The summed E-state index contributed by atoms with van der Waals surface area (Å²) < 4.78 is 5.20. The van der Waals surface area contributed by atoms with E-state index in [1.165, 1.54) is 0 Å². The standard InChI is InChI=1S/C14H18N2O2/c1-10(2)6-7-13-15-14(18-16-13)9-11-4-3-5-12(17)8-11/h3-5,8,10,17H,6-7,9H2,1-2H3. The molecule has 96 valence electrons. The van der Waals surface area contributed by atoms with Gasteiger partial charge in [-0.25, -0.2) is 0 Å². The molecule has 0 saturated carbocycles. The van der Waals surface area contributed by atoms with Gasteiger partial charge in [-0.1, -0.05) is 31.1 Å². The Labute approximate surface area is 107 Å². The van der Waals surface area contributed by atoms with E-state index < -0.39 is 0 Å². The first kappa shape index (κ1) is 12.6. The van der Waals surface area contributed by atoms with Crippen molar-refractivity contribution in [3.8, 4) is 5.75 Å². The van der Waals surface area contributed by atoms with E-state index in [4.69, 9.17) is 4.52 Å². The number of aromatic nitrogens is 2. The van der Waals surface area contributed by atoms with E-state index in [0.717, 1.165) is 24.2 Å². The molecule has 1 heterocycles. The van der Waals surface area contributed by atoms with Gasteiger partial charge in [0.2, 0.25) is 5.89 Å². The van der Waals surface area contributed by atoms with Crippen LogP contribution >= 0.6 is 0 Å². The molecule has 1 aromatic heterocycles. The van der Waals surface area contributed by atoms with Gasteiger partial charge in [-0.3, -0.25) is 0 Å². The van der Waals surface area contributed by atoms with Crippen LogP contribution in [0.25, 0.3) is 0 Å². The number of aryl methyl sites for hydroxylation is 1. The van der Waals surface area contributed by atoms with Crippen molar-refractivity contribution in [2.24, 2.45) is 5.92 Å². The quantitative estimate of drug-likeness (QED) is 0.881. The summed E-state index contributed by atoms with van der Waals surface area (Å²) in [6, 6.07) is 7.09. The zero-order valence-electron chi connectivity index (χ0n) is 10.8. The Kier molecular flexibility index (Phi) is 3.97. The Bertz CT molecular complexity index is 506. The van der Waals surface area contributed by atoms with Crippen LogP contribution in [0.15, 0.2) is 28.8 Å². The van der Waals surface area contributed by atoms with Gasteiger partial charge in [0.05, 0.1) is 6.42 Å². The first-order valence-electron chi connectivity index (χ1n) is 6.23. The number of nitrogens with zero attached hydrogens (tertiary/aromatic N) is 2. The van der Waals surface area contributed by atoms with Crippen LogP contribution in [0.5, 0.6) is 5.75 Å². The minimum atomic E-state index is 0.257.